The largest absolute Gasteiger partial charge is 0.542 e. The van der Waals surface area contributed by atoms with Gasteiger partial charge in [-0.2, -0.15) is 0 Å². The van der Waals surface area contributed by atoms with E-state index >= 15 is 0 Å². The predicted molar refractivity (Wildman–Crippen MR) is 34.6 cm³/mol. The SMILES string of the molecule is O=[PH+]Oc1coccc1=O. The third kappa shape index (κ3) is 1.42. The maximum absolute atomic E-state index is 10.7. The van der Waals surface area contributed by atoms with E-state index in [1.807, 2.05) is 0 Å². The second-order valence-electron chi connectivity index (χ2n) is 1.47. The van der Waals surface area contributed by atoms with Gasteiger partial charge < -0.3 is 4.42 Å². The molecule has 0 aromatic carbocycles. The minimum absolute atomic E-state index is 0.0316. The molecule has 4 nitrogen and oxygen atoms in total. The van der Waals surface area contributed by atoms with Crippen molar-refractivity contribution in [1.29, 1.82) is 0 Å². The lowest BCUT2D eigenvalue weighted by Gasteiger charge is -1.83. The van der Waals surface area contributed by atoms with Crippen molar-refractivity contribution in [2.75, 3.05) is 0 Å². The van der Waals surface area contributed by atoms with Crippen LogP contribution in [0, 0.1) is 0 Å². The third-order valence-electron chi connectivity index (χ3n) is 0.868. The maximum Gasteiger partial charge on any atom is 0.542 e. The van der Waals surface area contributed by atoms with Crippen LogP contribution in [-0.4, -0.2) is 0 Å². The highest BCUT2D eigenvalue weighted by Crippen LogP contribution is 2.06. The summed E-state index contributed by atoms with van der Waals surface area (Å²) in [6.07, 6.45) is 2.33. The van der Waals surface area contributed by atoms with Gasteiger partial charge in [-0.1, -0.05) is 0 Å². The third-order valence-corrected chi connectivity index (χ3v) is 1.17. The molecular weight excluding hydrogens is 155 g/mol. The van der Waals surface area contributed by atoms with Gasteiger partial charge in [-0.3, -0.25) is 4.79 Å². The van der Waals surface area contributed by atoms with Crippen LogP contribution < -0.4 is 9.95 Å². The van der Waals surface area contributed by atoms with Gasteiger partial charge in [0.2, 0.25) is 5.43 Å². The first-order valence-electron chi connectivity index (χ1n) is 2.45. The first-order chi connectivity index (χ1) is 4.84. The van der Waals surface area contributed by atoms with Crippen LogP contribution in [0.4, 0.5) is 0 Å². The first kappa shape index (κ1) is 6.96. The molecule has 5 heteroatoms. The van der Waals surface area contributed by atoms with Crippen LogP contribution in [0.2, 0.25) is 0 Å². The Morgan fingerprint density at radius 1 is 1.60 bits per heavy atom. The smallest absolute Gasteiger partial charge is 0.468 e. The van der Waals surface area contributed by atoms with E-state index in [2.05, 4.69) is 8.94 Å². The summed E-state index contributed by atoms with van der Waals surface area (Å²) in [4.78, 5) is 10.7. The Labute approximate surface area is 57.7 Å². The van der Waals surface area contributed by atoms with Crippen LogP contribution >= 0.6 is 8.69 Å². The normalized spacial score (nSPS) is 9.60. The minimum Gasteiger partial charge on any atom is -0.468 e. The van der Waals surface area contributed by atoms with Crippen molar-refractivity contribution in [3.63, 3.8) is 0 Å². The highest BCUT2D eigenvalue weighted by atomic mass is 31.1. The van der Waals surface area contributed by atoms with Crippen LogP contribution in [0.3, 0.4) is 0 Å². The van der Waals surface area contributed by atoms with E-state index in [0.717, 1.165) is 6.26 Å². The van der Waals surface area contributed by atoms with Crippen molar-refractivity contribution in [2.24, 2.45) is 0 Å². The molecule has 52 valence electrons. The number of hydrogen-bond donors (Lipinski definition) is 0. The zero-order chi connectivity index (χ0) is 7.40. The highest BCUT2D eigenvalue weighted by Gasteiger charge is 2.02. The number of hydrogen-bond acceptors (Lipinski definition) is 4. The molecule has 0 fully saturated rings. The van der Waals surface area contributed by atoms with Gasteiger partial charge in [0.1, 0.15) is 6.26 Å². The van der Waals surface area contributed by atoms with Gasteiger partial charge in [-0.25, -0.2) is 4.52 Å². The fraction of sp³-hybridized carbons (Fsp3) is 0. The lowest BCUT2D eigenvalue weighted by atomic mass is 10.5. The van der Waals surface area contributed by atoms with E-state index < -0.39 is 8.69 Å². The van der Waals surface area contributed by atoms with Gasteiger partial charge in [0.15, 0.2) is 0 Å². The van der Waals surface area contributed by atoms with E-state index in [9.17, 15) is 9.36 Å². The maximum atomic E-state index is 10.7. The van der Waals surface area contributed by atoms with E-state index in [4.69, 9.17) is 0 Å². The average molecular weight is 159 g/mol. The first-order valence-corrected chi connectivity index (χ1v) is 3.27. The molecule has 0 aliphatic carbocycles. The number of rotatable bonds is 2. The molecule has 0 radical (unpaired) electrons. The Kier molecular flexibility index (Phi) is 2.18. The second kappa shape index (κ2) is 3.13. The summed E-state index contributed by atoms with van der Waals surface area (Å²) in [5, 5.41) is 0. The molecular formula is C5H4O4P+. The van der Waals surface area contributed by atoms with Crippen molar-refractivity contribution < 1.29 is 13.5 Å². The summed E-state index contributed by atoms with van der Waals surface area (Å²) >= 11 is 0. The van der Waals surface area contributed by atoms with Crippen LogP contribution in [0.25, 0.3) is 0 Å². The molecule has 10 heavy (non-hydrogen) atoms. The Bertz CT molecular complexity index is 279. The zero-order valence-electron chi connectivity index (χ0n) is 4.87. The molecule has 0 bridgehead atoms. The monoisotopic (exact) mass is 159 g/mol. The van der Waals surface area contributed by atoms with E-state index in [-0.39, 0.29) is 11.2 Å². The van der Waals surface area contributed by atoms with Gasteiger partial charge in [0.25, 0.3) is 5.75 Å². The molecule has 1 rings (SSSR count). The van der Waals surface area contributed by atoms with Gasteiger partial charge in [-0.15, -0.1) is 0 Å². The van der Waals surface area contributed by atoms with Crippen molar-refractivity contribution in [1.82, 2.24) is 0 Å². The van der Waals surface area contributed by atoms with Crippen molar-refractivity contribution >= 4 is 8.69 Å². The minimum atomic E-state index is -0.978. The quantitative estimate of drug-likeness (QED) is 0.603. The van der Waals surface area contributed by atoms with Crippen molar-refractivity contribution in [3.05, 3.63) is 28.8 Å². The van der Waals surface area contributed by atoms with E-state index in [1.54, 1.807) is 0 Å². The Morgan fingerprint density at radius 3 is 3.00 bits per heavy atom. The van der Waals surface area contributed by atoms with Gasteiger partial charge in [0.05, 0.1) is 6.26 Å². The van der Waals surface area contributed by atoms with E-state index in [0.29, 0.717) is 0 Å². The molecule has 1 heterocycles. The molecule has 0 amide bonds. The lowest BCUT2D eigenvalue weighted by Crippen LogP contribution is -1.98. The Hall–Kier alpha value is -1.15. The van der Waals surface area contributed by atoms with Gasteiger partial charge >= 0.3 is 8.69 Å². The molecule has 1 unspecified atom stereocenters. The van der Waals surface area contributed by atoms with Crippen molar-refractivity contribution in [2.45, 2.75) is 0 Å². The summed E-state index contributed by atoms with van der Waals surface area (Å²) < 4.78 is 18.9. The topological polar surface area (TPSA) is 56.5 Å². The molecule has 0 saturated carbocycles. The molecule has 0 N–H and O–H groups in total. The average Bonchev–Trinajstić information content (AvgIpc) is 1.94. The summed E-state index contributed by atoms with van der Waals surface area (Å²) in [7, 11) is -0.978. The summed E-state index contributed by atoms with van der Waals surface area (Å²) in [6, 6.07) is 1.19. The molecule has 1 aromatic heterocycles. The van der Waals surface area contributed by atoms with E-state index in [1.165, 1.54) is 12.3 Å². The Morgan fingerprint density at radius 2 is 2.40 bits per heavy atom. The Balaban J connectivity index is 3.03. The predicted octanol–water partition coefficient (Wildman–Crippen LogP) is 0.958. The summed E-state index contributed by atoms with van der Waals surface area (Å²) in [5.74, 6) is -0.0316. The second-order valence-corrected chi connectivity index (χ2v) is 1.84. The zero-order valence-corrected chi connectivity index (χ0v) is 5.87. The fourth-order valence-corrected chi connectivity index (χ4v) is 0.700. The summed E-state index contributed by atoms with van der Waals surface area (Å²) in [6.45, 7) is 0. The van der Waals surface area contributed by atoms with Crippen molar-refractivity contribution in [3.8, 4) is 5.75 Å². The van der Waals surface area contributed by atoms with Crippen LogP contribution in [0.1, 0.15) is 0 Å². The molecule has 0 aliphatic rings. The molecule has 0 aliphatic heterocycles. The molecule has 0 spiro atoms. The fourth-order valence-electron chi connectivity index (χ4n) is 0.462. The summed E-state index contributed by atoms with van der Waals surface area (Å²) in [5.41, 5.74) is -0.338. The van der Waals surface area contributed by atoms with Crippen LogP contribution in [0.15, 0.2) is 27.8 Å². The standard InChI is InChI=1S/C5H4O4P/c6-4-1-2-8-3-5(4)9-10-7/h1-3,10H/q+1. The lowest BCUT2D eigenvalue weighted by molar-refractivity contribution is 0.483. The highest BCUT2D eigenvalue weighted by molar-refractivity contribution is 7.17. The molecule has 1 atom stereocenters. The molecule has 1 aromatic rings. The van der Waals surface area contributed by atoms with Crippen LogP contribution in [-0.2, 0) is 4.57 Å². The molecule has 0 saturated heterocycles. The van der Waals surface area contributed by atoms with Crippen LogP contribution in [0.5, 0.6) is 5.75 Å². The van der Waals surface area contributed by atoms with Gasteiger partial charge in [0, 0.05) is 6.07 Å². The van der Waals surface area contributed by atoms with Gasteiger partial charge in [-0.05, 0) is 4.57 Å².